The van der Waals surface area contributed by atoms with E-state index in [9.17, 15) is 0 Å². The van der Waals surface area contributed by atoms with Gasteiger partial charge < -0.3 is 9.31 Å². The second-order valence-corrected chi connectivity index (χ2v) is 3.72. The average molecular weight is 198 g/mol. The molecule has 0 saturated heterocycles. The third-order valence-electron chi connectivity index (χ3n) is 2.66. The van der Waals surface area contributed by atoms with Gasteiger partial charge >= 0.3 is 7.12 Å². The van der Waals surface area contributed by atoms with Crippen LogP contribution in [0.5, 0.6) is 11.5 Å². The highest BCUT2D eigenvalue weighted by Crippen LogP contribution is 2.37. The Labute approximate surface area is 89.0 Å². The first-order valence-corrected chi connectivity index (χ1v) is 5.23. The van der Waals surface area contributed by atoms with E-state index in [0.717, 1.165) is 17.8 Å². The Bertz CT molecular complexity index is 465. The Kier molecular flexibility index (Phi) is 1.84. The van der Waals surface area contributed by atoms with Gasteiger partial charge in [-0.25, -0.2) is 0 Å². The minimum Gasteiger partial charge on any atom is -0.523 e. The predicted octanol–water partition coefficient (Wildman–Crippen LogP) is 3.12. The molecule has 0 amide bonds. The van der Waals surface area contributed by atoms with Crippen molar-refractivity contribution in [1.82, 2.24) is 0 Å². The lowest BCUT2D eigenvalue weighted by Gasteiger charge is -2.00. The van der Waals surface area contributed by atoms with E-state index >= 15 is 0 Å². The monoisotopic (exact) mass is 198 g/mol. The highest BCUT2D eigenvalue weighted by molar-refractivity contribution is 6.47. The van der Waals surface area contributed by atoms with Crippen LogP contribution in [0.15, 0.2) is 36.4 Å². The SMILES string of the molecule is CCB1Oc2cc3ccccc3cc2O1. The van der Waals surface area contributed by atoms with Crippen molar-refractivity contribution in [2.24, 2.45) is 0 Å². The topological polar surface area (TPSA) is 18.5 Å². The molecule has 2 aromatic rings. The molecule has 0 aromatic heterocycles. The fourth-order valence-electron chi connectivity index (χ4n) is 1.86. The molecule has 0 fully saturated rings. The van der Waals surface area contributed by atoms with Gasteiger partial charge in [0.15, 0.2) is 0 Å². The first kappa shape index (κ1) is 8.66. The maximum Gasteiger partial charge on any atom is 0.594 e. The predicted molar refractivity (Wildman–Crippen MR) is 61.4 cm³/mol. The lowest BCUT2D eigenvalue weighted by Crippen LogP contribution is -2.22. The van der Waals surface area contributed by atoms with Crippen LogP contribution in [-0.2, 0) is 0 Å². The van der Waals surface area contributed by atoms with E-state index in [-0.39, 0.29) is 7.12 Å². The van der Waals surface area contributed by atoms with Gasteiger partial charge in [-0.15, -0.1) is 0 Å². The Morgan fingerprint density at radius 2 is 1.53 bits per heavy atom. The number of benzene rings is 2. The molecule has 1 aliphatic heterocycles. The molecule has 2 nitrogen and oxygen atoms in total. The molecular formula is C12H11BO2. The molecule has 0 saturated carbocycles. The lowest BCUT2D eigenvalue weighted by atomic mass is 9.87. The molecule has 0 radical (unpaired) electrons. The number of rotatable bonds is 1. The summed E-state index contributed by atoms with van der Waals surface area (Å²) in [7, 11) is -0.114. The van der Waals surface area contributed by atoms with Gasteiger partial charge in [-0.05, 0) is 22.9 Å². The van der Waals surface area contributed by atoms with Crippen molar-refractivity contribution in [3.05, 3.63) is 36.4 Å². The molecule has 2 aromatic carbocycles. The van der Waals surface area contributed by atoms with E-state index in [1.807, 2.05) is 24.3 Å². The normalized spacial score (nSPS) is 13.5. The molecule has 15 heavy (non-hydrogen) atoms. The molecule has 1 aliphatic rings. The quantitative estimate of drug-likeness (QED) is 0.655. The summed E-state index contributed by atoms with van der Waals surface area (Å²) in [6.45, 7) is 2.05. The van der Waals surface area contributed by atoms with Gasteiger partial charge in [-0.2, -0.15) is 0 Å². The van der Waals surface area contributed by atoms with Crippen molar-refractivity contribution in [3.8, 4) is 11.5 Å². The molecule has 3 heteroatoms. The summed E-state index contributed by atoms with van der Waals surface area (Å²) in [4.78, 5) is 0. The van der Waals surface area contributed by atoms with Crippen molar-refractivity contribution in [2.45, 2.75) is 13.2 Å². The van der Waals surface area contributed by atoms with E-state index in [0.29, 0.717) is 0 Å². The average Bonchev–Trinajstić information content (AvgIpc) is 2.67. The second-order valence-electron chi connectivity index (χ2n) is 3.72. The van der Waals surface area contributed by atoms with Gasteiger partial charge in [0.2, 0.25) is 0 Å². The summed E-state index contributed by atoms with van der Waals surface area (Å²) < 4.78 is 11.3. The molecule has 1 heterocycles. The highest BCUT2D eigenvalue weighted by atomic mass is 16.6. The maximum absolute atomic E-state index is 5.64. The van der Waals surface area contributed by atoms with Gasteiger partial charge in [0.05, 0.1) is 0 Å². The number of hydrogen-bond donors (Lipinski definition) is 0. The first-order valence-electron chi connectivity index (χ1n) is 5.23. The molecule has 0 aliphatic carbocycles. The van der Waals surface area contributed by atoms with Crippen LogP contribution in [0.2, 0.25) is 6.32 Å². The van der Waals surface area contributed by atoms with Crippen LogP contribution < -0.4 is 9.31 Å². The van der Waals surface area contributed by atoms with Gasteiger partial charge in [0.1, 0.15) is 11.5 Å². The molecular weight excluding hydrogens is 187 g/mol. The lowest BCUT2D eigenvalue weighted by molar-refractivity contribution is 0.499. The van der Waals surface area contributed by atoms with E-state index in [4.69, 9.17) is 9.31 Å². The van der Waals surface area contributed by atoms with Crippen LogP contribution in [0.1, 0.15) is 6.92 Å². The van der Waals surface area contributed by atoms with Crippen LogP contribution in [0.3, 0.4) is 0 Å². The maximum atomic E-state index is 5.64. The van der Waals surface area contributed by atoms with E-state index in [1.54, 1.807) is 0 Å². The summed E-state index contributed by atoms with van der Waals surface area (Å²) in [5.74, 6) is 1.72. The largest absolute Gasteiger partial charge is 0.594 e. The zero-order chi connectivity index (χ0) is 10.3. The van der Waals surface area contributed by atoms with E-state index < -0.39 is 0 Å². The van der Waals surface area contributed by atoms with Crippen molar-refractivity contribution >= 4 is 17.9 Å². The fourth-order valence-corrected chi connectivity index (χ4v) is 1.86. The Hall–Kier alpha value is -1.64. The van der Waals surface area contributed by atoms with E-state index in [1.165, 1.54) is 10.8 Å². The summed E-state index contributed by atoms with van der Waals surface area (Å²) in [6, 6.07) is 12.3. The van der Waals surface area contributed by atoms with Crippen molar-refractivity contribution in [3.63, 3.8) is 0 Å². The molecule has 74 valence electrons. The molecule has 0 spiro atoms. The molecule has 0 atom stereocenters. The van der Waals surface area contributed by atoms with Crippen LogP contribution >= 0.6 is 0 Å². The summed E-state index contributed by atoms with van der Waals surface area (Å²) >= 11 is 0. The van der Waals surface area contributed by atoms with Crippen LogP contribution in [0.25, 0.3) is 10.8 Å². The van der Waals surface area contributed by atoms with E-state index in [2.05, 4.69) is 19.1 Å². The highest BCUT2D eigenvalue weighted by Gasteiger charge is 2.29. The third kappa shape index (κ3) is 1.35. The minimum atomic E-state index is -0.114. The molecule has 0 unspecified atom stereocenters. The Morgan fingerprint density at radius 3 is 2.00 bits per heavy atom. The van der Waals surface area contributed by atoms with Gasteiger partial charge in [0, 0.05) is 6.32 Å². The Balaban J connectivity index is 2.14. The summed E-state index contributed by atoms with van der Waals surface area (Å²) in [6.07, 6.45) is 0.866. The van der Waals surface area contributed by atoms with Crippen LogP contribution in [0, 0.1) is 0 Å². The number of hydrogen-bond acceptors (Lipinski definition) is 2. The minimum absolute atomic E-state index is 0.114. The zero-order valence-corrected chi connectivity index (χ0v) is 8.57. The van der Waals surface area contributed by atoms with Crippen LogP contribution in [0.4, 0.5) is 0 Å². The summed E-state index contributed by atoms with van der Waals surface area (Å²) in [5, 5.41) is 2.38. The van der Waals surface area contributed by atoms with Gasteiger partial charge in [-0.1, -0.05) is 31.2 Å². The summed E-state index contributed by atoms with van der Waals surface area (Å²) in [5.41, 5.74) is 0. The van der Waals surface area contributed by atoms with Crippen molar-refractivity contribution < 1.29 is 9.31 Å². The second kappa shape index (κ2) is 3.19. The van der Waals surface area contributed by atoms with Gasteiger partial charge in [-0.3, -0.25) is 0 Å². The Morgan fingerprint density at radius 1 is 1.00 bits per heavy atom. The zero-order valence-electron chi connectivity index (χ0n) is 8.57. The van der Waals surface area contributed by atoms with Crippen molar-refractivity contribution in [1.29, 1.82) is 0 Å². The smallest absolute Gasteiger partial charge is 0.523 e. The first-order chi connectivity index (χ1) is 7.36. The molecule has 3 rings (SSSR count). The number of fused-ring (bicyclic) bond motifs is 2. The van der Waals surface area contributed by atoms with Crippen LogP contribution in [-0.4, -0.2) is 7.12 Å². The molecule has 0 bridgehead atoms. The molecule has 0 N–H and O–H groups in total. The standard InChI is InChI=1S/C12H11BO2/c1-2-13-14-11-7-9-5-3-4-6-10(9)8-12(11)15-13/h3-8H,2H2,1H3. The fraction of sp³-hybridized carbons (Fsp3) is 0.167. The van der Waals surface area contributed by atoms with Crippen molar-refractivity contribution in [2.75, 3.05) is 0 Å². The third-order valence-corrected chi connectivity index (χ3v) is 2.66. The van der Waals surface area contributed by atoms with Gasteiger partial charge in [0.25, 0.3) is 0 Å².